The van der Waals surface area contributed by atoms with Gasteiger partial charge in [-0.2, -0.15) is 0 Å². The molecule has 19 heavy (non-hydrogen) atoms. The smallest absolute Gasteiger partial charge is 0.127 e. The van der Waals surface area contributed by atoms with E-state index in [0.29, 0.717) is 0 Å². The first kappa shape index (κ1) is 14.5. The van der Waals surface area contributed by atoms with Crippen LogP contribution in [0.3, 0.4) is 0 Å². The summed E-state index contributed by atoms with van der Waals surface area (Å²) in [6.07, 6.45) is 3.83. The van der Waals surface area contributed by atoms with Gasteiger partial charge in [0.15, 0.2) is 0 Å². The fourth-order valence-electron chi connectivity index (χ4n) is 3.00. The van der Waals surface area contributed by atoms with Crippen LogP contribution in [0.1, 0.15) is 37.3 Å². The van der Waals surface area contributed by atoms with E-state index in [2.05, 4.69) is 17.1 Å². The van der Waals surface area contributed by atoms with Gasteiger partial charge in [0.05, 0.1) is 0 Å². The van der Waals surface area contributed by atoms with E-state index >= 15 is 0 Å². The van der Waals surface area contributed by atoms with E-state index in [1.165, 1.54) is 19.3 Å². The fraction of sp³-hybridized carbons (Fsp3) is 0.625. The number of rotatable bonds is 6. The zero-order valence-electron chi connectivity index (χ0n) is 12.1. The van der Waals surface area contributed by atoms with E-state index in [0.717, 1.165) is 43.2 Å². The van der Waals surface area contributed by atoms with Gasteiger partial charge in [0.2, 0.25) is 0 Å². The van der Waals surface area contributed by atoms with Gasteiger partial charge in [-0.1, -0.05) is 25.5 Å². The van der Waals surface area contributed by atoms with Crippen molar-refractivity contribution in [2.24, 2.45) is 5.92 Å². The van der Waals surface area contributed by atoms with Gasteiger partial charge in [-0.3, -0.25) is 4.90 Å². The molecule has 1 aromatic rings. The average Bonchev–Trinajstić information content (AvgIpc) is 2.82. The Kier molecular flexibility index (Phi) is 5.34. The molecule has 1 unspecified atom stereocenters. The van der Waals surface area contributed by atoms with E-state index in [9.17, 15) is 4.39 Å². The Morgan fingerprint density at radius 1 is 1.42 bits per heavy atom. The summed E-state index contributed by atoms with van der Waals surface area (Å²) in [5.41, 5.74) is 1.99. The molecular weight excluding hydrogens is 239 g/mol. The van der Waals surface area contributed by atoms with Gasteiger partial charge < -0.3 is 5.32 Å². The highest BCUT2D eigenvalue weighted by Gasteiger charge is 2.22. The predicted octanol–water partition coefficient (Wildman–Crippen LogP) is 3.17. The number of benzene rings is 1. The van der Waals surface area contributed by atoms with Gasteiger partial charge in [0.25, 0.3) is 0 Å². The largest absolute Gasteiger partial charge is 0.316 e. The monoisotopic (exact) mass is 264 g/mol. The summed E-state index contributed by atoms with van der Waals surface area (Å²) in [6.45, 7) is 6.03. The lowest BCUT2D eigenvalue weighted by molar-refractivity contribution is 0.308. The third-order valence-electron chi connectivity index (χ3n) is 3.95. The number of nitrogens with one attached hydrogen (secondary N) is 1. The van der Waals surface area contributed by atoms with E-state index < -0.39 is 0 Å². The van der Waals surface area contributed by atoms with Gasteiger partial charge in [0.1, 0.15) is 5.82 Å². The number of likely N-dealkylation sites (tertiary alicyclic amines) is 1. The first-order valence-corrected chi connectivity index (χ1v) is 7.37. The van der Waals surface area contributed by atoms with Crippen LogP contribution in [0.4, 0.5) is 4.39 Å². The molecule has 1 N–H and O–H groups in total. The van der Waals surface area contributed by atoms with Crippen LogP contribution in [0, 0.1) is 11.7 Å². The Labute approximate surface area is 116 Å². The normalized spacial score (nSPS) is 20.1. The first-order valence-electron chi connectivity index (χ1n) is 7.37. The maximum absolute atomic E-state index is 13.9. The van der Waals surface area contributed by atoms with E-state index in [4.69, 9.17) is 0 Å². The molecule has 1 atom stereocenters. The third kappa shape index (κ3) is 4.02. The van der Waals surface area contributed by atoms with Crippen molar-refractivity contribution in [1.82, 2.24) is 10.2 Å². The summed E-state index contributed by atoms with van der Waals surface area (Å²) in [5.74, 6) is 0.743. The Morgan fingerprint density at radius 3 is 3.00 bits per heavy atom. The molecule has 0 amide bonds. The number of halogens is 1. The SMILES string of the molecule is CCCC1CCN(Cc2cc(CNC)ccc2F)C1. The molecular formula is C16H25FN2. The summed E-state index contributed by atoms with van der Waals surface area (Å²) in [7, 11) is 1.92. The van der Waals surface area contributed by atoms with Crippen LogP contribution in [-0.4, -0.2) is 25.0 Å². The van der Waals surface area contributed by atoms with Crippen molar-refractivity contribution in [3.05, 3.63) is 35.1 Å². The van der Waals surface area contributed by atoms with Gasteiger partial charge in [-0.25, -0.2) is 4.39 Å². The summed E-state index contributed by atoms with van der Waals surface area (Å²) in [4.78, 5) is 2.39. The summed E-state index contributed by atoms with van der Waals surface area (Å²) in [5, 5.41) is 3.11. The fourth-order valence-corrected chi connectivity index (χ4v) is 3.00. The highest BCUT2D eigenvalue weighted by Crippen LogP contribution is 2.23. The highest BCUT2D eigenvalue weighted by molar-refractivity contribution is 5.25. The maximum Gasteiger partial charge on any atom is 0.127 e. The molecule has 1 fully saturated rings. The van der Waals surface area contributed by atoms with Crippen molar-refractivity contribution in [1.29, 1.82) is 0 Å². The molecule has 1 aromatic carbocycles. The standard InChI is InChI=1S/C16H25FN2/c1-3-4-13-7-8-19(11-13)12-15-9-14(10-18-2)5-6-16(15)17/h5-6,9,13,18H,3-4,7-8,10-12H2,1-2H3. The van der Waals surface area contributed by atoms with Crippen LogP contribution >= 0.6 is 0 Å². The minimum Gasteiger partial charge on any atom is -0.316 e. The topological polar surface area (TPSA) is 15.3 Å². The van der Waals surface area contributed by atoms with Crippen LogP contribution in [0.2, 0.25) is 0 Å². The van der Waals surface area contributed by atoms with E-state index in [-0.39, 0.29) is 5.82 Å². The van der Waals surface area contributed by atoms with Gasteiger partial charge in [-0.15, -0.1) is 0 Å². The summed E-state index contributed by atoms with van der Waals surface area (Å²) < 4.78 is 13.9. The lowest BCUT2D eigenvalue weighted by Crippen LogP contribution is -2.21. The van der Waals surface area contributed by atoms with Crippen LogP contribution < -0.4 is 5.32 Å². The molecule has 2 rings (SSSR count). The second-order valence-corrected chi connectivity index (χ2v) is 5.63. The highest BCUT2D eigenvalue weighted by atomic mass is 19.1. The van der Waals surface area contributed by atoms with Gasteiger partial charge >= 0.3 is 0 Å². The third-order valence-corrected chi connectivity index (χ3v) is 3.95. The van der Waals surface area contributed by atoms with Gasteiger partial charge in [0, 0.05) is 25.2 Å². The van der Waals surface area contributed by atoms with Crippen molar-refractivity contribution >= 4 is 0 Å². The molecule has 1 aliphatic heterocycles. The Bertz CT molecular complexity index is 406. The molecule has 0 aliphatic carbocycles. The molecule has 1 aliphatic rings. The van der Waals surface area contributed by atoms with Crippen molar-refractivity contribution in [2.75, 3.05) is 20.1 Å². The van der Waals surface area contributed by atoms with Gasteiger partial charge in [-0.05, 0) is 44.0 Å². The summed E-state index contributed by atoms with van der Waals surface area (Å²) >= 11 is 0. The van der Waals surface area contributed by atoms with Crippen LogP contribution in [0.25, 0.3) is 0 Å². The van der Waals surface area contributed by atoms with Crippen molar-refractivity contribution in [3.8, 4) is 0 Å². The second kappa shape index (κ2) is 7.01. The average molecular weight is 264 g/mol. The molecule has 3 heteroatoms. The van der Waals surface area contributed by atoms with E-state index in [1.54, 1.807) is 6.07 Å². The Hall–Kier alpha value is -0.930. The molecule has 0 spiro atoms. The summed E-state index contributed by atoms with van der Waals surface area (Å²) in [6, 6.07) is 5.46. The first-order chi connectivity index (χ1) is 9.22. The zero-order valence-corrected chi connectivity index (χ0v) is 12.1. The van der Waals surface area contributed by atoms with Crippen molar-refractivity contribution < 1.29 is 4.39 Å². The van der Waals surface area contributed by atoms with Crippen LogP contribution in [-0.2, 0) is 13.1 Å². The molecule has 0 saturated carbocycles. The number of nitrogens with zero attached hydrogens (tertiary/aromatic N) is 1. The maximum atomic E-state index is 13.9. The molecule has 2 nitrogen and oxygen atoms in total. The quantitative estimate of drug-likeness (QED) is 0.849. The second-order valence-electron chi connectivity index (χ2n) is 5.63. The molecule has 1 heterocycles. The van der Waals surface area contributed by atoms with E-state index in [1.807, 2.05) is 19.2 Å². The Morgan fingerprint density at radius 2 is 2.26 bits per heavy atom. The number of hydrogen-bond donors (Lipinski definition) is 1. The van der Waals surface area contributed by atoms with Crippen molar-refractivity contribution in [2.45, 2.75) is 39.3 Å². The lowest BCUT2D eigenvalue weighted by atomic mass is 10.0. The predicted molar refractivity (Wildman–Crippen MR) is 77.5 cm³/mol. The zero-order chi connectivity index (χ0) is 13.7. The molecule has 0 radical (unpaired) electrons. The van der Waals surface area contributed by atoms with Crippen LogP contribution in [0.15, 0.2) is 18.2 Å². The number of hydrogen-bond acceptors (Lipinski definition) is 2. The molecule has 1 saturated heterocycles. The minimum absolute atomic E-state index is 0.0706. The Balaban J connectivity index is 1.97. The lowest BCUT2D eigenvalue weighted by Gasteiger charge is -2.17. The molecule has 0 bridgehead atoms. The minimum atomic E-state index is -0.0706. The molecule has 106 valence electrons. The molecule has 0 aromatic heterocycles. The van der Waals surface area contributed by atoms with Crippen molar-refractivity contribution in [3.63, 3.8) is 0 Å². The van der Waals surface area contributed by atoms with Crippen LogP contribution in [0.5, 0.6) is 0 Å².